The number of aryl methyl sites for hydroxylation is 1. The number of hydrogen-bond donors (Lipinski definition) is 2. The number of benzene rings is 1. The molecule has 3 rings (SSSR count). The van der Waals surface area contributed by atoms with Gasteiger partial charge < -0.3 is 11.1 Å². The maximum Gasteiger partial charge on any atom is 0.223 e. The van der Waals surface area contributed by atoms with Crippen molar-refractivity contribution >= 4 is 24.0 Å². The standard InChI is InChI=1S/C16H22N2O.ClH/c1-10(11-5-6-11)16(19)18-15-4-2-3-12-9-13(17)7-8-14(12)15;/h7-11,15H,2-6,17H2,1H3,(H,18,19);1H. The lowest BCUT2D eigenvalue weighted by atomic mass is 9.87. The molecule has 1 aromatic rings. The van der Waals surface area contributed by atoms with Gasteiger partial charge >= 0.3 is 0 Å². The third-order valence-corrected chi connectivity index (χ3v) is 4.54. The number of nitrogens with two attached hydrogens (primary N) is 1. The number of nitrogen functional groups attached to an aromatic ring is 1. The number of rotatable bonds is 3. The Labute approximate surface area is 126 Å². The minimum atomic E-state index is 0. The Morgan fingerprint density at radius 3 is 2.80 bits per heavy atom. The monoisotopic (exact) mass is 294 g/mol. The van der Waals surface area contributed by atoms with Gasteiger partial charge in [0, 0.05) is 11.6 Å². The Kier molecular flexibility index (Phi) is 4.59. The first-order valence-corrected chi connectivity index (χ1v) is 7.34. The Morgan fingerprint density at radius 1 is 1.35 bits per heavy atom. The van der Waals surface area contributed by atoms with Crippen LogP contribution in [0, 0.1) is 11.8 Å². The lowest BCUT2D eigenvalue weighted by Crippen LogP contribution is -2.35. The summed E-state index contributed by atoms with van der Waals surface area (Å²) in [6, 6.07) is 6.25. The summed E-state index contributed by atoms with van der Waals surface area (Å²) >= 11 is 0. The van der Waals surface area contributed by atoms with Crippen molar-refractivity contribution in [1.29, 1.82) is 0 Å². The topological polar surface area (TPSA) is 55.1 Å². The first-order chi connectivity index (χ1) is 9.15. The molecule has 1 saturated carbocycles. The van der Waals surface area contributed by atoms with Crippen LogP contribution in [-0.2, 0) is 11.2 Å². The zero-order chi connectivity index (χ0) is 13.4. The average Bonchev–Trinajstić information content (AvgIpc) is 3.22. The summed E-state index contributed by atoms with van der Waals surface area (Å²) < 4.78 is 0. The van der Waals surface area contributed by atoms with Gasteiger partial charge in [-0.3, -0.25) is 4.79 Å². The average molecular weight is 295 g/mol. The lowest BCUT2D eigenvalue weighted by Gasteiger charge is -2.27. The Balaban J connectivity index is 0.00000147. The van der Waals surface area contributed by atoms with Crippen LogP contribution < -0.4 is 11.1 Å². The van der Waals surface area contributed by atoms with Gasteiger partial charge in [0.1, 0.15) is 0 Å². The van der Waals surface area contributed by atoms with Gasteiger partial charge in [0.25, 0.3) is 0 Å². The fourth-order valence-corrected chi connectivity index (χ4v) is 3.10. The summed E-state index contributed by atoms with van der Waals surface area (Å²) in [6.07, 6.45) is 5.67. The molecular formula is C16H23ClN2O. The van der Waals surface area contributed by atoms with Crippen LogP contribution in [0.3, 0.4) is 0 Å². The predicted octanol–water partition coefficient (Wildman–Crippen LogP) is 3.23. The van der Waals surface area contributed by atoms with Crippen molar-refractivity contribution in [2.75, 3.05) is 5.73 Å². The van der Waals surface area contributed by atoms with Crippen molar-refractivity contribution in [2.45, 2.75) is 45.1 Å². The van der Waals surface area contributed by atoms with E-state index in [1.165, 1.54) is 24.0 Å². The molecule has 1 amide bonds. The molecule has 2 aliphatic carbocycles. The minimum absolute atomic E-state index is 0. The van der Waals surface area contributed by atoms with E-state index < -0.39 is 0 Å². The van der Waals surface area contributed by atoms with Gasteiger partial charge in [0.15, 0.2) is 0 Å². The molecule has 0 aliphatic heterocycles. The van der Waals surface area contributed by atoms with Crippen LogP contribution in [0.25, 0.3) is 0 Å². The van der Waals surface area contributed by atoms with E-state index in [0.29, 0.717) is 5.92 Å². The molecule has 0 spiro atoms. The normalized spacial score (nSPS) is 22.4. The van der Waals surface area contributed by atoms with Gasteiger partial charge in [-0.2, -0.15) is 0 Å². The number of hydrogen-bond acceptors (Lipinski definition) is 2. The number of carbonyl (C=O) groups excluding carboxylic acids is 1. The molecular weight excluding hydrogens is 272 g/mol. The van der Waals surface area contributed by atoms with Crippen LogP contribution in [0.5, 0.6) is 0 Å². The molecule has 1 aromatic carbocycles. The minimum Gasteiger partial charge on any atom is -0.399 e. The van der Waals surface area contributed by atoms with E-state index in [2.05, 4.69) is 24.4 Å². The quantitative estimate of drug-likeness (QED) is 0.841. The molecule has 3 N–H and O–H groups in total. The number of anilines is 1. The highest BCUT2D eigenvalue weighted by Gasteiger charge is 2.34. The second-order valence-corrected chi connectivity index (χ2v) is 6.04. The molecule has 3 nitrogen and oxygen atoms in total. The van der Waals surface area contributed by atoms with E-state index >= 15 is 0 Å². The summed E-state index contributed by atoms with van der Waals surface area (Å²) in [5.74, 6) is 1.01. The first-order valence-electron chi connectivity index (χ1n) is 7.34. The van der Waals surface area contributed by atoms with Crippen LogP contribution >= 0.6 is 12.4 Å². The Hall–Kier alpha value is -1.22. The van der Waals surface area contributed by atoms with Crippen LogP contribution in [0.2, 0.25) is 0 Å². The second-order valence-electron chi connectivity index (χ2n) is 6.04. The van der Waals surface area contributed by atoms with Crippen molar-refractivity contribution in [2.24, 2.45) is 11.8 Å². The van der Waals surface area contributed by atoms with Crippen molar-refractivity contribution in [3.8, 4) is 0 Å². The zero-order valence-corrected chi connectivity index (χ0v) is 12.7. The summed E-state index contributed by atoms with van der Waals surface area (Å²) in [7, 11) is 0. The summed E-state index contributed by atoms with van der Waals surface area (Å²) in [6.45, 7) is 2.06. The highest BCUT2D eigenvalue weighted by atomic mass is 35.5. The smallest absolute Gasteiger partial charge is 0.223 e. The number of fused-ring (bicyclic) bond motifs is 1. The molecule has 2 unspecified atom stereocenters. The second kappa shape index (κ2) is 6.04. The molecule has 2 aliphatic rings. The molecule has 20 heavy (non-hydrogen) atoms. The third-order valence-electron chi connectivity index (χ3n) is 4.54. The number of carbonyl (C=O) groups is 1. The van der Waals surface area contributed by atoms with Crippen molar-refractivity contribution in [1.82, 2.24) is 5.32 Å². The maximum atomic E-state index is 12.2. The third kappa shape index (κ3) is 3.09. The SMILES string of the molecule is CC(C(=O)NC1CCCc2cc(N)ccc21)C1CC1.Cl. The Bertz CT molecular complexity index is 499. The summed E-state index contributed by atoms with van der Waals surface area (Å²) in [4.78, 5) is 12.2. The van der Waals surface area contributed by atoms with Crippen LogP contribution in [-0.4, -0.2) is 5.91 Å². The molecule has 1 fully saturated rings. The van der Waals surface area contributed by atoms with E-state index in [1.807, 2.05) is 6.07 Å². The fourth-order valence-electron chi connectivity index (χ4n) is 3.10. The van der Waals surface area contributed by atoms with Gasteiger partial charge in [-0.1, -0.05) is 13.0 Å². The van der Waals surface area contributed by atoms with Crippen LogP contribution in [0.15, 0.2) is 18.2 Å². The molecule has 4 heteroatoms. The molecule has 0 saturated heterocycles. The largest absolute Gasteiger partial charge is 0.399 e. The number of amides is 1. The highest BCUT2D eigenvalue weighted by Crippen LogP contribution is 2.37. The first kappa shape index (κ1) is 15.2. The van der Waals surface area contributed by atoms with E-state index in [9.17, 15) is 4.79 Å². The maximum absolute atomic E-state index is 12.2. The van der Waals surface area contributed by atoms with Crippen LogP contribution in [0.1, 0.15) is 49.8 Å². The molecule has 2 atom stereocenters. The van der Waals surface area contributed by atoms with Gasteiger partial charge in [0.05, 0.1) is 6.04 Å². The van der Waals surface area contributed by atoms with Gasteiger partial charge in [-0.15, -0.1) is 12.4 Å². The Morgan fingerprint density at radius 2 is 2.10 bits per heavy atom. The number of nitrogens with one attached hydrogen (secondary N) is 1. The highest BCUT2D eigenvalue weighted by molar-refractivity contribution is 5.85. The van der Waals surface area contributed by atoms with Crippen molar-refractivity contribution in [3.63, 3.8) is 0 Å². The molecule has 0 bridgehead atoms. The van der Waals surface area contributed by atoms with Crippen LogP contribution in [0.4, 0.5) is 5.69 Å². The predicted molar refractivity (Wildman–Crippen MR) is 83.8 cm³/mol. The van der Waals surface area contributed by atoms with Crippen molar-refractivity contribution < 1.29 is 4.79 Å². The van der Waals surface area contributed by atoms with Gasteiger partial charge in [-0.05, 0) is 61.3 Å². The lowest BCUT2D eigenvalue weighted by molar-refractivity contribution is -0.126. The molecule has 0 heterocycles. The summed E-state index contributed by atoms with van der Waals surface area (Å²) in [5.41, 5.74) is 9.22. The van der Waals surface area contributed by atoms with Gasteiger partial charge in [0.2, 0.25) is 5.91 Å². The van der Waals surface area contributed by atoms with E-state index in [1.54, 1.807) is 0 Å². The van der Waals surface area contributed by atoms with E-state index in [4.69, 9.17) is 5.73 Å². The molecule has 0 radical (unpaired) electrons. The number of halogens is 1. The van der Waals surface area contributed by atoms with Gasteiger partial charge in [-0.25, -0.2) is 0 Å². The molecule has 0 aromatic heterocycles. The van der Waals surface area contributed by atoms with Crippen molar-refractivity contribution in [3.05, 3.63) is 29.3 Å². The zero-order valence-electron chi connectivity index (χ0n) is 11.9. The fraction of sp³-hybridized carbons (Fsp3) is 0.562. The molecule has 110 valence electrons. The van der Waals surface area contributed by atoms with E-state index in [0.717, 1.165) is 24.9 Å². The summed E-state index contributed by atoms with van der Waals surface area (Å²) in [5, 5.41) is 3.24. The van der Waals surface area contributed by atoms with E-state index in [-0.39, 0.29) is 30.3 Å².